The van der Waals surface area contributed by atoms with Crippen molar-refractivity contribution in [2.45, 2.75) is 19.6 Å². The van der Waals surface area contributed by atoms with Gasteiger partial charge < -0.3 is 10.4 Å². The molecule has 11 heavy (non-hydrogen) atoms. The molecule has 0 saturated carbocycles. The highest BCUT2D eigenvalue weighted by Crippen LogP contribution is 2.02. The Kier molecular flexibility index (Phi) is 2.48. The van der Waals surface area contributed by atoms with Gasteiger partial charge in [0.25, 0.3) is 0 Å². The summed E-state index contributed by atoms with van der Waals surface area (Å²) in [5.41, 5.74) is 0.964. The third kappa shape index (κ3) is 2.23. The summed E-state index contributed by atoms with van der Waals surface area (Å²) in [4.78, 5) is 0. The molecule has 62 valence electrons. The molecule has 0 aliphatic carbocycles. The van der Waals surface area contributed by atoms with Gasteiger partial charge in [-0.2, -0.15) is 5.10 Å². The van der Waals surface area contributed by atoms with Crippen LogP contribution in [0.5, 0.6) is 0 Å². The second-order valence-corrected chi connectivity index (χ2v) is 2.55. The molecule has 0 spiro atoms. The molecular weight excluding hydrogens is 142 g/mol. The maximum atomic E-state index is 9.01. The van der Waals surface area contributed by atoms with E-state index in [0.717, 1.165) is 5.69 Å². The molecule has 1 atom stereocenters. The smallest absolute Gasteiger partial charge is 0.0723 e. The molecule has 0 aromatic carbocycles. The second-order valence-electron chi connectivity index (χ2n) is 2.55. The van der Waals surface area contributed by atoms with Crippen molar-refractivity contribution in [3.05, 3.63) is 12.4 Å². The van der Waals surface area contributed by atoms with Crippen molar-refractivity contribution in [1.82, 2.24) is 9.78 Å². The molecular formula is C7H13N3O. The lowest BCUT2D eigenvalue weighted by Crippen LogP contribution is -2.11. The topological polar surface area (TPSA) is 50.1 Å². The Bertz CT molecular complexity index is 219. The van der Waals surface area contributed by atoms with Gasteiger partial charge in [-0.15, -0.1) is 0 Å². The highest BCUT2D eigenvalue weighted by molar-refractivity contribution is 5.36. The Morgan fingerprint density at radius 2 is 2.55 bits per heavy atom. The van der Waals surface area contributed by atoms with Crippen LogP contribution >= 0.6 is 0 Å². The molecule has 1 aromatic rings. The molecule has 1 aromatic heterocycles. The Balaban J connectivity index is 2.58. The van der Waals surface area contributed by atoms with Gasteiger partial charge in [0.05, 0.1) is 24.5 Å². The molecule has 0 fully saturated rings. The van der Waals surface area contributed by atoms with Gasteiger partial charge in [0.1, 0.15) is 0 Å². The lowest BCUT2D eigenvalue weighted by molar-refractivity contribution is 0.168. The number of aliphatic hydroxyl groups excluding tert-OH is 1. The van der Waals surface area contributed by atoms with Crippen LogP contribution in [0.15, 0.2) is 12.4 Å². The van der Waals surface area contributed by atoms with E-state index < -0.39 is 0 Å². The lowest BCUT2D eigenvalue weighted by Gasteiger charge is -2.02. The maximum absolute atomic E-state index is 9.01. The van der Waals surface area contributed by atoms with Gasteiger partial charge >= 0.3 is 0 Å². The zero-order valence-electron chi connectivity index (χ0n) is 6.78. The molecule has 1 unspecified atom stereocenters. The summed E-state index contributed by atoms with van der Waals surface area (Å²) >= 11 is 0. The first-order valence-electron chi connectivity index (χ1n) is 3.60. The van der Waals surface area contributed by atoms with Crippen LogP contribution in [0.2, 0.25) is 0 Å². The first-order chi connectivity index (χ1) is 5.22. The fraction of sp³-hybridized carbons (Fsp3) is 0.571. The molecule has 1 heterocycles. The Hall–Kier alpha value is -1.03. The monoisotopic (exact) mass is 155 g/mol. The molecule has 0 bridgehead atoms. The van der Waals surface area contributed by atoms with Crippen LogP contribution in [-0.2, 0) is 6.54 Å². The molecule has 1 rings (SSSR count). The van der Waals surface area contributed by atoms with Gasteiger partial charge in [-0.1, -0.05) is 0 Å². The molecule has 4 heteroatoms. The normalized spacial score (nSPS) is 13.0. The minimum Gasteiger partial charge on any atom is -0.391 e. The van der Waals surface area contributed by atoms with Crippen molar-refractivity contribution in [3.63, 3.8) is 0 Å². The van der Waals surface area contributed by atoms with Crippen LogP contribution in [-0.4, -0.2) is 28.0 Å². The average molecular weight is 155 g/mol. The fourth-order valence-electron chi connectivity index (χ4n) is 0.863. The molecule has 2 N–H and O–H groups in total. The minimum atomic E-state index is -0.348. The van der Waals surface area contributed by atoms with Gasteiger partial charge in [0.15, 0.2) is 0 Å². The van der Waals surface area contributed by atoms with E-state index in [1.54, 1.807) is 17.8 Å². The molecule has 0 radical (unpaired) electrons. The highest BCUT2D eigenvalue weighted by atomic mass is 16.3. The summed E-state index contributed by atoms with van der Waals surface area (Å²) in [6.07, 6.45) is 3.23. The Labute approximate surface area is 65.8 Å². The average Bonchev–Trinajstić information content (AvgIpc) is 2.34. The van der Waals surface area contributed by atoms with Crippen molar-refractivity contribution in [3.8, 4) is 0 Å². The van der Waals surface area contributed by atoms with Crippen molar-refractivity contribution < 1.29 is 5.11 Å². The van der Waals surface area contributed by atoms with E-state index in [1.807, 2.05) is 13.2 Å². The lowest BCUT2D eigenvalue weighted by atomic mass is 10.4. The van der Waals surface area contributed by atoms with Crippen LogP contribution in [0, 0.1) is 0 Å². The number of anilines is 1. The number of nitrogens with zero attached hydrogens (tertiary/aromatic N) is 2. The minimum absolute atomic E-state index is 0.348. The third-order valence-electron chi connectivity index (χ3n) is 1.37. The molecule has 0 saturated heterocycles. The van der Waals surface area contributed by atoms with Crippen molar-refractivity contribution >= 4 is 5.69 Å². The molecule has 0 amide bonds. The van der Waals surface area contributed by atoms with Crippen LogP contribution in [0.25, 0.3) is 0 Å². The first-order valence-corrected chi connectivity index (χ1v) is 3.60. The van der Waals surface area contributed by atoms with Crippen molar-refractivity contribution in [2.24, 2.45) is 0 Å². The SMILES string of the molecule is CNc1cnn(CC(C)O)c1. The summed E-state index contributed by atoms with van der Waals surface area (Å²) < 4.78 is 1.70. The molecule has 0 aliphatic rings. The van der Waals surface area contributed by atoms with Crippen molar-refractivity contribution in [1.29, 1.82) is 0 Å². The number of rotatable bonds is 3. The molecule has 4 nitrogen and oxygen atoms in total. The van der Waals surface area contributed by atoms with E-state index >= 15 is 0 Å². The van der Waals surface area contributed by atoms with Gasteiger partial charge in [0, 0.05) is 13.2 Å². The number of aliphatic hydroxyl groups is 1. The zero-order valence-corrected chi connectivity index (χ0v) is 6.78. The van der Waals surface area contributed by atoms with Crippen LogP contribution in [0.3, 0.4) is 0 Å². The fourth-order valence-corrected chi connectivity index (χ4v) is 0.863. The van der Waals surface area contributed by atoms with Gasteiger partial charge in [-0.3, -0.25) is 4.68 Å². The number of hydrogen-bond acceptors (Lipinski definition) is 3. The standard InChI is InChI=1S/C7H13N3O/c1-6(11)4-10-5-7(8-2)3-9-10/h3,5-6,8,11H,4H2,1-2H3. The zero-order chi connectivity index (χ0) is 8.27. The van der Waals surface area contributed by atoms with Crippen molar-refractivity contribution in [2.75, 3.05) is 12.4 Å². The predicted octanol–water partition coefficient (Wildman–Crippen LogP) is 0.306. The summed E-state index contributed by atoms with van der Waals surface area (Å²) in [6, 6.07) is 0. The van der Waals surface area contributed by atoms with Gasteiger partial charge in [-0.05, 0) is 6.92 Å². The van der Waals surface area contributed by atoms with E-state index in [9.17, 15) is 0 Å². The van der Waals surface area contributed by atoms with Gasteiger partial charge in [-0.25, -0.2) is 0 Å². The van der Waals surface area contributed by atoms with Crippen LogP contribution in [0.4, 0.5) is 5.69 Å². The highest BCUT2D eigenvalue weighted by Gasteiger charge is 1.98. The largest absolute Gasteiger partial charge is 0.391 e. The van der Waals surface area contributed by atoms with Crippen LogP contribution in [0.1, 0.15) is 6.92 Å². The number of aromatic nitrogens is 2. The summed E-state index contributed by atoms with van der Waals surface area (Å²) in [5, 5.41) is 16.0. The Morgan fingerprint density at radius 1 is 1.82 bits per heavy atom. The quantitative estimate of drug-likeness (QED) is 0.660. The van der Waals surface area contributed by atoms with E-state index in [4.69, 9.17) is 5.11 Å². The summed E-state index contributed by atoms with van der Waals surface area (Å²) in [6.45, 7) is 2.28. The van der Waals surface area contributed by atoms with E-state index in [1.165, 1.54) is 0 Å². The first kappa shape index (κ1) is 8.07. The van der Waals surface area contributed by atoms with E-state index in [2.05, 4.69) is 10.4 Å². The molecule has 0 aliphatic heterocycles. The number of nitrogens with one attached hydrogen (secondary N) is 1. The maximum Gasteiger partial charge on any atom is 0.0723 e. The van der Waals surface area contributed by atoms with E-state index in [-0.39, 0.29) is 6.10 Å². The van der Waals surface area contributed by atoms with E-state index in [0.29, 0.717) is 6.54 Å². The predicted molar refractivity (Wildman–Crippen MR) is 43.5 cm³/mol. The number of hydrogen-bond donors (Lipinski definition) is 2. The van der Waals surface area contributed by atoms with Crippen LogP contribution < -0.4 is 5.32 Å². The van der Waals surface area contributed by atoms with Gasteiger partial charge in [0.2, 0.25) is 0 Å². The second kappa shape index (κ2) is 3.39. The summed E-state index contributed by atoms with van der Waals surface area (Å²) in [7, 11) is 1.84. The summed E-state index contributed by atoms with van der Waals surface area (Å²) in [5.74, 6) is 0. The third-order valence-corrected chi connectivity index (χ3v) is 1.37. The Morgan fingerprint density at radius 3 is 3.00 bits per heavy atom.